The zero-order valence-corrected chi connectivity index (χ0v) is 9.48. The van der Waals surface area contributed by atoms with E-state index in [1.165, 1.54) is 32.1 Å². The number of hydrogen-bond donors (Lipinski definition) is 2. The normalized spacial score (nSPS) is 20.5. The molecule has 0 heterocycles. The highest BCUT2D eigenvalue weighted by Gasteiger charge is 2.20. The van der Waals surface area contributed by atoms with E-state index in [1.54, 1.807) is 0 Å². The standard InChI is InChI=1S/C11H22N2O2/c1-13(8-9(12)7-11(14)15)10-5-3-2-4-6-10/h9-10H,2-8,12H2,1H3,(H,14,15). The number of hydrogen-bond acceptors (Lipinski definition) is 3. The predicted octanol–water partition coefficient (Wildman–Crippen LogP) is 1.05. The SMILES string of the molecule is CN(CC(N)CC(=O)O)C1CCCCC1. The molecule has 1 saturated carbocycles. The quantitative estimate of drug-likeness (QED) is 0.718. The van der Waals surface area contributed by atoms with Gasteiger partial charge in [-0.1, -0.05) is 19.3 Å². The molecule has 0 radical (unpaired) electrons. The van der Waals surface area contributed by atoms with Gasteiger partial charge in [0.15, 0.2) is 0 Å². The maximum Gasteiger partial charge on any atom is 0.304 e. The van der Waals surface area contributed by atoms with E-state index in [-0.39, 0.29) is 12.5 Å². The molecule has 0 spiro atoms. The van der Waals surface area contributed by atoms with Gasteiger partial charge in [0.25, 0.3) is 0 Å². The van der Waals surface area contributed by atoms with Crippen molar-refractivity contribution in [2.75, 3.05) is 13.6 Å². The van der Waals surface area contributed by atoms with Crippen LogP contribution in [0.3, 0.4) is 0 Å². The van der Waals surface area contributed by atoms with Gasteiger partial charge < -0.3 is 15.7 Å². The van der Waals surface area contributed by atoms with Crippen LogP contribution in [0.15, 0.2) is 0 Å². The van der Waals surface area contributed by atoms with Gasteiger partial charge in [-0.25, -0.2) is 0 Å². The Morgan fingerprint density at radius 2 is 2.07 bits per heavy atom. The van der Waals surface area contributed by atoms with Crippen LogP contribution in [0.2, 0.25) is 0 Å². The van der Waals surface area contributed by atoms with Gasteiger partial charge in [-0.15, -0.1) is 0 Å². The van der Waals surface area contributed by atoms with E-state index < -0.39 is 5.97 Å². The summed E-state index contributed by atoms with van der Waals surface area (Å²) in [6, 6.07) is 0.369. The Morgan fingerprint density at radius 1 is 1.47 bits per heavy atom. The van der Waals surface area contributed by atoms with Crippen LogP contribution in [0.4, 0.5) is 0 Å². The van der Waals surface area contributed by atoms with Gasteiger partial charge in [0.1, 0.15) is 0 Å². The lowest BCUT2D eigenvalue weighted by Crippen LogP contribution is -2.42. The number of carbonyl (C=O) groups is 1. The molecule has 0 aromatic rings. The molecule has 1 atom stereocenters. The molecule has 15 heavy (non-hydrogen) atoms. The molecule has 1 aliphatic rings. The van der Waals surface area contributed by atoms with Gasteiger partial charge in [0.05, 0.1) is 6.42 Å². The fourth-order valence-corrected chi connectivity index (χ4v) is 2.33. The fourth-order valence-electron chi connectivity index (χ4n) is 2.33. The molecule has 1 unspecified atom stereocenters. The van der Waals surface area contributed by atoms with Crippen molar-refractivity contribution in [2.45, 2.75) is 50.6 Å². The van der Waals surface area contributed by atoms with E-state index in [0.717, 1.165) is 0 Å². The van der Waals surface area contributed by atoms with Crippen molar-refractivity contribution in [3.05, 3.63) is 0 Å². The molecule has 0 bridgehead atoms. The highest BCUT2D eigenvalue weighted by Crippen LogP contribution is 2.21. The van der Waals surface area contributed by atoms with Crippen LogP contribution < -0.4 is 5.73 Å². The van der Waals surface area contributed by atoms with Crippen molar-refractivity contribution in [1.29, 1.82) is 0 Å². The Hall–Kier alpha value is -0.610. The zero-order valence-electron chi connectivity index (χ0n) is 9.48. The second-order valence-corrected chi connectivity index (χ2v) is 4.59. The first-order chi connectivity index (χ1) is 7.09. The molecule has 4 heteroatoms. The number of nitrogens with zero attached hydrogens (tertiary/aromatic N) is 1. The minimum atomic E-state index is -0.806. The van der Waals surface area contributed by atoms with Gasteiger partial charge in [-0.2, -0.15) is 0 Å². The van der Waals surface area contributed by atoms with Crippen LogP contribution in [0.1, 0.15) is 38.5 Å². The summed E-state index contributed by atoms with van der Waals surface area (Å²) in [5, 5.41) is 8.61. The molecule has 0 amide bonds. The summed E-state index contributed by atoms with van der Waals surface area (Å²) < 4.78 is 0. The molecule has 4 nitrogen and oxygen atoms in total. The van der Waals surface area contributed by atoms with Gasteiger partial charge in [0, 0.05) is 18.6 Å². The first-order valence-corrected chi connectivity index (χ1v) is 5.77. The highest BCUT2D eigenvalue weighted by atomic mass is 16.4. The number of nitrogens with two attached hydrogens (primary N) is 1. The first kappa shape index (κ1) is 12.5. The smallest absolute Gasteiger partial charge is 0.304 e. The second kappa shape index (κ2) is 6.08. The number of likely N-dealkylation sites (N-methyl/N-ethyl adjacent to an activating group) is 1. The van der Waals surface area contributed by atoms with Crippen molar-refractivity contribution in [1.82, 2.24) is 4.90 Å². The fraction of sp³-hybridized carbons (Fsp3) is 0.909. The molecule has 88 valence electrons. The Kier molecular flexibility index (Phi) is 5.05. The van der Waals surface area contributed by atoms with Crippen molar-refractivity contribution in [3.8, 4) is 0 Å². The van der Waals surface area contributed by atoms with Crippen molar-refractivity contribution < 1.29 is 9.90 Å². The van der Waals surface area contributed by atoms with E-state index in [0.29, 0.717) is 12.6 Å². The molecule has 1 fully saturated rings. The Morgan fingerprint density at radius 3 is 2.60 bits per heavy atom. The monoisotopic (exact) mass is 214 g/mol. The lowest BCUT2D eigenvalue weighted by atomic mass is 9.94. The van der Waals surface area contributed by atoms with Crippen LogP contribution in [-0.4, -0.2) is 41.7 Å². The van der Waals surface area contributed by atoms with E-state index in [9.17, 15) is 4.79 Å². The molecular weight excluding hydrogens is 192 g/mol. The minimum absolute atomic E-state index is 0.0665. The summed E-state index contributed by atoms with van der Waals surface area (Å²) in [4.78, 5) is 12.7. The Balaban J connectivity index is 2.26. The minimum Gasteiger partial charge on any atom is -0.481 e. The summed E-state index contributed by atoms with van der Waals surface area (Å²) in [5.41, 5.74) is 5.76. The summed E-state index contributed by atoms with van der Waals surface area (Å²) in [6.07, 6.45) is 6.46. The summed E-state index contributed by atoms with van der Waals surface area (Å²) in [6.45, 7) is 0.691. The molecule has 0 aliphatic heterocycles. The molecule has 0 aromatic carbocycles. The van der Waals surface area contributed by atoms with E-state index in [4.69, 9.17) is 10.8 Å². The molecule has 1 aliphatic carbocycles. The summed E-state index contributed by atoms with van der Waals surface area (Å²) in [5.74, 6) is -0.806. The average molecular weight is 214 g/mol. The lowest BCUT2D eigenvalue weighted by molar-refractivity contribution is -0.137. The van der Waals surface area contributed by atoms with Crippen LogP contribution in [-0.2, 0) is 4.79 Å². The lowest BCUT2D eigenvalue weighted by Gasteiger charge is -2.32. The third-order valence-corrected chi connectivity index (χ3v) is 3.16. The maximum absolute atomic E-state index is 10.5. The predicted molar refractivity (Wildman–Crippen MR) is 59.7 cm³/mol. The summed E-state index contributed by atoms with van der Waals surface area (Å²) >= 11 is 0. The van der Waals surface area contributed by atoms with Crippen molar-refractivity contribution in [2.24, 2.45) is 5.73 Å². The van der Waals surface area contributed by atoms with E-state index in [1.807, 2.05) is 0 Å². The molecule has 1 rings (SSSR count). The van der Waals surface area contributed by atoms with Gasteiger partial charge >= 0.3 is 5.97 Å². The van der Waals surface area contributed by atoms with Crippen molar-refractivity contribution in [3.63, 3.8) is 0 Å². The highest BCUT2D eigenvalue weighted by molar-refractivity contribution is 5.67. The Bertz CT molecular complexity index is 203. The van der Waals surface area contributed by atoms with Crippen LogP contribution >= 0.6 is 0 Å². The number of rotatable bonds is 5. The molecule has 0 aromatic heterocycles. The molecule has 0 saturated heterocycles. The van der Waals surface area contributed by atoms with Crippen LogP contribution in [0.25, 0.3) is 0 Å². The van der Waals surface area contributed by atoms with Crippen LogP contribution in [0.5, 0.6) is 0 Å². The largest absolute Gasteiger partial charge is 0.481 e. The third-order valence-electron chi connectivity index (χ3n) is 3.16. The molecular formula is C11H22N2O2. The van der Waals surface area contributed by atoms with Gasteiger partial charge in [-0.3, -0.25) is 4.79 Å². The Labute approximate surface area is 91.4 Å². The molecule has 3 N–H and O–H groups in total. The summed E-state index contributed by atoms with van der Waals surface area (Å²) in [7, 11) is 2.05. The van der Waals surface area contributed by atoms with E-state index in [2.05, 4.69) is 11.9 Å². The van der Waals surface area contributed by atoms with Gasteiger partial charge in [0.2, 0.25) is 0 Å². The third kappa shape index (κ3) is 4.62. The topological polar surface area (TPSA) is 66.6 Å². The second-order valence-electron chi connectivity index (χ2n) is 4.59. The average Bonchev–Trinajstić information content (AvgIpc) is 2.17. The van der Waals surface area contributed by atoms with Crippen LogP contribution in [0, 0.1) is 0 Å². The van der Waals surface area contributed by atoms with Crippen molar-refractivity contribution >= 4 is 5.97 Å². The number of carboxylic acid groups (broad SMARTS) is 1. The van der Waals surface area contributed by atoms with E-state index >= 15 is 0 Å². The maximum atomic E-state index is 10.5. The number of aliphatic carboxylic acids is 1. The first-order valence-electron chi connectivity index (χ1n) is 5.77. The zero-order chi connectivity index (χ0) is 11.3. The number of carboxylic acids is 1. The van der Waals surface area contributed by atoms with Gasteiger partial charge in [-0.05, 0) is 19.9 Å².